The maximum atomic E-state index is 8.42. The maximum Gasteiger partial charge on any atom is 0.139 e. The van der Waals surface area contributed by atoms with E-state index in [0.717, 1.165) is 26.1 Å². The lowest BCUT2D eigenvalue weighted by Gasteiger charge is -2.10. The van der Waals surface area contributed by atoms with Gasteiger partial charge in [-0.1, -0.05) is 29.4 Å². The molecule has 19 heavy (non-hydrogen) atoms. The Kier molecular flexibility index (Phi) is 7.62. The number of amidine groups is 1. The Hall–Kier alpha value is -1.59. The Morgan fingerprint density at radius 3 is 2.79 bits per heavy atom. The van der Waals surface area contributed by atoms with Gasteiger partial charge >= 0.3 is 0 Å². The van der Waals surface area contributed by atoms with Gasteiger partial charge in [0.1, 0.15) is 5.84 Å². The van der Waals surface area contributed by atoms with E-state index < -0.39 is 0 Å². The summed E-state index contributed by atoms with van der Waals surface area (Å²) in [5.74, 6) is 0.276. The van der Waals surface area contributed by atoms with Gasteiger partial charge in [0.05, 0.1) is 6.61 Å². The fourth-order valence-corrected chi connectivity index (χ4v) is 1.75. The van der Waals surface area contributed by atoms with Crippen LogP contribution >= 0.6 is 0 Å². The summed E-state index contributed by atoms with van der Waals surface area (Å²) in [6.45, 7) is 5.01. The van der Waals surface area contributed by atoms with Crippen molar-refractivity contribution >= 4 is 5.84 Å². The molecule has 0 spiro atoms. The highest BCUT2D eigenvalue weighted by Gasteiger charge is 2.01. The van der Waals surface area contributed by atoms with E-state index in [9.17, 15) is 0 Å². The molecule has 0 aromatic heterocycles. The van der Waals surface area contributed by atoms with Gasteiger partial charge in [0.25, 0.3) is 0 Å². The molecule has 1 rings (SSSR count). The molecule has 0 aliphatic carbocycles. The molecule has 1 aromatic rings. The van der Waals surface area contributed by atoms with Crippen LogP contribution in [0, 0.1) is 0 Å². The van der Waals surface area contributed by atoms with E-state index >= 15 is 0 Å². The summed E-state index contributed by atoms with van der Waals surface area (Å²) in [6, 6.07) is 8.24. The second-order valence-electron chi connectivity index (χ2n) is 4.28. The molecule has 0 saturated carbocycles. The molecule has 0 unspecified atom stereocenters. The zero-order valence-corrected chi connectivity index (χ0v) is 11.4. The van der Waals surface area contributed by atoms with Crippen molar-refractivity contribution in [2.24, 2.45) is 10.9 Å². The van der Waals surface area contributed by atoms with Crippen molar-refractivity contribution in [3.8, 4) is 0 Å². The van der Waals surface area contributed by atoms with Gasteiger partial charge in [-0.05, 0) is 31.0 Å². The molecule has 0 aliphatic rings. The third kappa shape index (κ3) is 6.22. The van der Waals surface area contributed by atoms with E-state index in [-0.39, 0.29) is 5.84 Å². The minimum absolute atomic E-state index is 0.276. The summed E-state index contributed by atoms with van der Waals surface area (Å²) in [4.78, 5) is 0. The quantitative estimate of drug-likeness (QED) is 0.209. The number of nitrogens with two attached hydrogens (primary N) is 1. The molecule has 5 nitrogen and oxygen atoms in total. The molecule has 0 fully saturated rings. The fourth-order valence-electron chi connectivity index (χ4n) is 1.75. The molecule has 0 radical (unpaired) electrons. The highest BCUT2D eigenvalue weighted by atomic mass is 16.5. The van der Waals surface area contributed by atoms with Crippen LogP contribution < -0.4 is 11.1 Å². The first-order chi connectivity index (χ1) is 9.27. The number of nitrogens with zero attached hydrogens (tertiary/aromatic N) is 1. The van der Waals surface area contributed by atoms with Crippen molar-refractivity contribution in [1.29, 1.82) is 0 Å². The van der Waals surface area contributed by atoms with Crippen LogP contribution in [0.2, 0.25) is 0 Å². The lowest BCUT2D eigenvalue weighted by molar-refractivity contribution is 0.133. The summed E-state index contributed by atoms with van der Waals surface area (Å²) in [5, 5.41) is 14.7. The van der Waals surface area contributed by atoms with Gasteiger partial charge in [-0.25, -0.2) is 0 Å². The molecule has 0 atom stereocenters. The molecule has 0 aliphatic heterocycles. The number of hydrogen-bond donors (Lipinski definition) is 3. The second-order valence-corrected chi connectivity index (χ2v) is 4.28. The number of oxime groups is 1. The number of ether oxygens (including phenoxy) is 1. The first-order valence-corrected chi connectivity index (χ1v) is 6.59. The average Bonchev–Trinajstić information content (AvgIpc) is 2.45. The molecule has 5 heteroatoms. The van der Waals surface area contributed by atoms with Crippen molar-refractivity contribution < 1.29 is 9.94 Å². The van der Waals surface area contributed by atoms with Gasteiger partial charge < -0.3 is 21.0 Å². The standard InChI is InChI=1S/C14H23N3O2/c1-2-19-11-13-7-4-3-6-12(13)10-16-9-5-8-14(15)17-18/h3-4,6-7,16,18H,2,5,8-11H2,1H3,(H2,15,17). The van der Waals surface area contributed by atoms with Gasteiger partial charge in [0, 0.05) is 19.6 Å². The Morgan fingerprint density at radius 2 is 2.11 bits per heavy atom. The molecular weight excluding hydrogens is 242 g/mol. The van der Waals surface area contributed by atoms with E-state index in [1.54, 1.807) is 0 Å². The number of benzene rings is 1. The lowest BCUT2D eigenvalue weighted by Crippen LogP contribution is -2.19. The van der Waals surface area contributed by atoms with Crippen LogP contribution in [0.3, 0.4) is 0 Å². The largest absolute Gasteiger partial charge is 0.409 e. The van der Waals surface area contributed by atoms with Crippen molar-refractivity contribution in [3.05, 3.63) is 35.4 Å². The summed E-state index contributed by atoms with van der Waals surface area (Å²) in [6.07, 6.45) is 1.45. The molecule has 106 valence electrons. The number of nitrogens with one attached hydrogen (secondary N) is 1. The zero-order chi connectivity index (χ0) is 13.9. The SMILES string of the molecule is CCOCc1ccccc1CNCCCC(N)=NO. The molecule has 0 saturated heterocycles. The molecule has 0 bridgehead atoms. The molecule has 0 heterocycles. The number of rotatable bonds is 9. The summed E-state index contributed by atoms with van der Waals surface area (Å²) in [5.41, 5.74) is 7.87. The van der Waals surface area contributed by atoms with Crippen molar-refractivity contribution in [2.75, 3.05) is 13.2 Å². The molecule has 4 N–H and O–H groups in total. The van der Waals surface area contributed by atoms with Gasteiger partial charge in [-0.15, -0.1) is 0 Å². The Balaban J connectivity index is 2.32. The van der Waals surface area contributed by atoms with E-state index in [0.29, 0.717) is 13.0 Å². The summed E-state index contributed by atoms with van der Waals surface area (Å²) >= 11 is 0. The monoisotopic (exact) mass is 265 g/mol. The van der Waals surface area contributed by atoms with Crippen molar-refractivity contribution in [2.45, 2.75) is 32.9 Å². The van der Waals surface area contributed by atoms with Gasteiger partial charge in [0.2, 0.25) is 0 Å². The van der Waals surface area contributed by atoms with Crippen LogP contribution in [-0.4, -0.2) is 24.2 Å². The summed E-state index contributed by atoms with van der Waals surface area (Å²) in [7, 11) is 0. The smallest absolute Gasteiger partial charge is 0.139 e. The fraction of sp³-hybridized carbons (Fsp3) is 0.500. The van der Waals surface area contributed by atoms with Crippen LogP contribution in [0.15, 0.2) is 29.4 Å². The Morgan fingerprint density at radius 1 is 1.37 bits per heavy atom. The number of hydrogen-bond acceptors (Lipinski definition) is 4. The van der Waals surface area contributed by atoms with Gasteiger partial charge in [-0.2, -0.15) is 0 Å². The van der Waals surface area contributed by atoms with Crippen LogP contribution in [0.25, 0.3) is 0 Å². The first-order valence-electron chi connectivity index (χ1n) is 6.59. The van der Waals surface area contributed by atoms with E-state index in [2.05, 4.69) is 22.6 Å². The second kappa shape index (κ2) is 9.35. The minimum Gasteiger partial charge on any atom is -0.409 e. The van der Waals surface area contributed by atoms with Gasteiger partial charge in [-0.3, -0.25) is 0 Å². The van der Waals surface area contributed by atoms with Crippen LogP contribution in [-0.2, 0) is 17.9 Å². The predicted molar refractivity (Wildman–Crippen MR) is 76.1 cm³/mol. The van der Waals surface area contributed by atoms with Crippen LogP contribution in [0.4, 0.5) is 0 Å². The van der Waals surface area contributed by atoms with Gasteiger partial charge in [0.15, 0.2) is 0 Å². The molecular formula is C14H23N3O2. The van der Waals surface area contributed by atoms with Crippen LogP contribution in [0.1, 0.15) is 30.9 Å². The highest BCUT2D eigenvalue weighted by Crippen LogP contribution is 2.09. The van der Waals surface area contributed by atoms with Crippen molar-refractivity contribution in [3.63, 3.8) is 0 Å². The maximum absolute atomic E-state index is 8.42. The average molecular weight is 265 g/mol. The summed E-state index contributed by atoms with van der Waals surface area (Å²) < 4.78 is 5.45. The van der Waals surface area contributed by atoms with E-state index in [4.69, 9.17) is 15.7 Å². The topological polar surface area (TPSA) is 79.9 Å². The first kappa shape index (κ1) is 15.5. The lowest BCUT2D eigenvalue weighted by atomic mass is 10.1. The molecule has 0 amide bonds. The third-order valence-corrected chi connectivity index (χ3v) is 2.81. The Labute approximate surface area is 114 Å². The minimum atomic E-state index is 0.276. The Bertz CT molecular complexity index is 394. The third-order valence-electron chi connectivity index (χ3n) is 2.81. The molecule has 1 aromatic carbocycles. The highest BCUT2D eigenvalue weighted by molar-refractivity contribution is 5.79. The van der Waals surface area contributed by atoms with Crippen LogP contribution in [0.5, 0.6) is 0 Å². The van der Waals surface area contributed by atoms with E-state index in [1.165, 1.54) is 11.1 Å². The normalized spacial score (nSPS) is 11.7. The van der Waals surface area contributed by atoms with E-state index in [1.807, 2.05) is 19.1 Å². The zero-order valence-electron chi connectivity index (χ0n) is 11.4. The van der Waals surface area contributed by atoms with Crippen molar-refractivity contribution in [1.82, 2.24) is 5.32 Å². The predicted octanol–water partition coefficient (Wildman–Crippen LogP) is 1.84.